The Hall–Kier alpha value is -1.46. The van der Waals surface area contributed by atoms with Gasteiger partial charge in [-0.25, -0.2) is 4.98 Å². The molecule has 5 heteroatoms. The molecule has 0 radical (unpaired) electrons. The highest BCUT2D eigenvalue weighted by Crippen LogP contribution is 2.26. The number of rotatable bonds is 6. The molecule has 0 saturated heterocycles. The van der Waals surface area contributed by atoms with Crippen LogP contribution in [0.5, 0.6) is 0 Å². The van der Waals surface area contributed by atoms with Gasteiger partial charge in [0.1, 0.15) is 5.82 Å². The Morgan fingerprint density at radius 2 is 2.19 bits per heavy atom. The van der Waals surface area contributed by atoms with Gasteiger partial charge in [0.15, 0.2) is 0 Å². The van der Waals surface area contributed by atoms with Gasteiger partial charge in [-0.1, -0.05) is 19.4 Å². The Balaban J connectivity index is 2.23. The van der Waals surface area contributed by atoms with Gasteiger partial charge in [0.25, 0.3) is 5.56 Å². The van der Waals surface area contributed by atoms with Gasteiger partial charge in [-0.2, -0.15) is 0 Å². The Bertz CT molecular complexity index is 633. The van der Waals surface area contributed by atoms with Gasteiger partial charge < -0.3 is 10.3 Å². The van der Waals surface area contributed by atoms with E-state index in [2.05, 4.69) is 39.7 Å². The minimum Gasteiger partial charge on any atom is -0.310 e. The molecule has 0 saturated carbocycles. The first-order valence-electron chi connectivity index (χ1n) is 7.39. The average Bonchev–Trinajstić information content (AvgIpc) is 2.90. The summed E-state index contributed by atoms with van der Waals surface area (Å²) >= 11 is 1.75. The molecule has 2 rings (SSSR count). The number of aromatic amines is 1. The molecule has 4 nitrogen and oxygen atoms in total. The molecule has 0 fully saturated rings. The molecular weight excluding hydrogens is 282 g/mol. The van der Waals surface area contributed by atoms with Gasteiger partial charge in [0.05, 0.1) is 5.56 Å². The smallest absolute Gasteiger partial charge is 0.255 e. The van der Waals surface area contributed by atoms with Crippen molar-refractivity contribution in [3.05, 3.63) is 49.8 Å². The fraction of sp³-hybridized carbons (Fsp3) is 0.500. The molecule has 0 aromatic carbocycles. The van der Waals surface area contributed by atoms with Crippen LogP contribution < -0.4 is 10.9 Å². The van der Waals surface area contributed by atoms with Gasteiger partial charge in [0.2, 0.25) is 0 Å². The lowest BCUT2D eigenvalue weighted by molar-refractivity contribution is 0.440. The summed E-state index contributed by atoms with van der Waals surface area (Å²) in [6.07, 6.45) is 2.16. The Morgan fingerprint density at radius 1 is 1.43 bits per heavy atom. The van der Waals surface area contributed by atoms with Crippen LogP contribution >= 0.6 is 11.3 Å². The zero-order valence-electron chi connectivity index (χ0n) is 13.1. The van der Waals surface area contributed by atoms with Crippen molar-refractivity contribution in [3.8, 4) is 0 Å². The van der Waals surface area contributed by atoms with E-state index in [1.54, 1.807) is 11.3 Å². The summed E-state index contributed by atoms with van der Waals surface area (Å²) in [4.78, 5) is 20.7. The van der Waals surface area contributed by atoms with Crippen LogP contribution in [0, 0.1) is 13.8 Å². The summed E-state index contributed by atoms with van der Waals surface area (Å²) in [5, 5.41) is 5.68. The number of thiophene rings is 1. The number of H-pyrrole nitrogens is 1. The van der Waals surface area contributed by atoms with E-state index in [9.17, 15) is 4.79 Å². The summed E-state index contributed by atoms with van der Waals surface area (Å²) in [5.41, 5.74) is 1.50. The fourth-order valence-corrected chi connectivity index (χ4v) is 3.54. The molecular formula is C16H23N3OS. The van der Waals surface area contributed by atoms with Crippen LogP contribution in [-0.4, -0.2) is 9.97 Å². The molecule has 0 amide bonds. The molecule has 2 aromatic heterocycles. The molecule has 0 aliphatic rings. The Morgan fingerprint density at radius 3 is 2.76 bits per heavy atom. The monoisotopic (exact) mass is 305 g/mol. The van der Waals surface area contributed by atoms with E-state index in [-0.39, 0.29) is 17.6 Å². The lowest BCUT2D eigenvalue weighted by Gasteiger charge is -2.23. The first-order chi connectivity index (χ1) is 10.0. The SMILES string of the molecule is CCCC(NC(C)c1c(C)nc(C)[nH]c1=O)c1cccs1. The average molecular weight is 305 g/mol. The first kappa shape index (κ1) is 15.9. The Kier molecular flexibility index (Phi) is 5.31. The quantitative estimate of drug-likeness (QED) is 0.856. The van der Waals surface area contributed by atoms with Crippen molar-refractivity contribution < 1.29 is 0 Å². The van der Waals surface area contributed by atoms with Crippen LogP contribution in [0.1, 0.15) is 60.7 Å². The standard InChI is InChI=1S/C16H23N3OS/c1-5-7-13(14-8-6-9-21-14)18-11(3)15-10(2)17-12(4)19-16(15)20/h6,8-9,11,13,18H,5,7H2,1-4H3,(H,17,19,20). The van der Waals surface area contributed by atoms with Crippen molar-refractivity contribution in [2.24, 2.45) is 0 Å². The summed E-state index contributed by atoms with van der Waals surface area (Å²) in [6.45, 7) is 7.92. The van der Waals surface area contributed by atoms with Crippen molar-refractivity contribution in [3.63, 3.8) is 0 Å². The molecule has 2 N–H and O–H groups in total. The summed E-state index contributed by atoms with van der Waals surface area (Å²) in [5.74, 6) is 0.664. The molecule has 2 unspecified atom stereocenters. The molecule has 21 heavy (non-hydrogen) atoms. The van der Waals surface area contributed by atoms with Gasteiger partial charge >= 0.3 is 0 Å². The number of nitrogens with one attached hydrogen (secondary N) is 2. The second-order valence-corrected chi connectivity index (χ2v) is 6.37. The van der Waals surface area contributed by atoms with E-state index in [0.29, 0.717) is 5.82 Å². The molecule has 0 spiro atoms. The highest BCUT2D eigenvalue weighted by molar-refractivity contribution is 7.10. The third-order valence-electron chi connectivity index (χ3n) is 3.61. The van der Waals surface area contributed by atoms with Crippen LogP contribution in [-0.2, 0) is 0 Å². The van der Waals surface area contributed by atoms with Crippen LogP contribution in [0.4, 0.5) is 0 Å². The minimum atomic E-state index is -0.0403. The van der Waals surface area contributed by atoms with Crippen LogP contribution in [0.15, 0.2) is 22.3 Å². The predicted molar refractivity (Wildman–Crippen MR) is 87.9 cm³/mol. The lowest BCUT2D eigenvalue weighted by atomic mass is 10.0. The highest BCUT2D eigenvalue weighted by Gasteiger charge is 2.19. The van der Waals surface area contributed by atoms with Gasteiger partial charge in [-0.05, 0) is 38.6 Å². The summed E-state index contributed by atoms with van der Waals surface area (Å²) in [6, 6.07) is 4.47. The third kappa shape index (κ3) is 3.80. The predicted octanol–water partition coefficient (Wildman–Crippen LogP) is 3.64. The van der Waals surface area contributed by atoms with E-state index in [4.69, 9.17) is 0 Å². The summed E-state index contributed by atoms with van der Waals surface area (Å²) < 4.78 is 0. The maximum atomic E-state index is 12.2. The van der Waals surface area contributed by atoms with Crippen molar-refractivity contribution in [2.45, 2.75) is 52.6 Å². The highest BCUT2D eigenvalue weighted by atomic mass is 32.1. The van der Waals surface area contributed by atoms with E-state index in [0.717, 1.165) is 24.1 Å². The van der Waals surface area contributed by atoms with Gasteiger partial charge in [0, 0.05) is 22.7 Å². The molecule has 2 aromatic rings. The largest absolute Gasteiger partial charge is 0.310 e. The number of aryl methyl sites for hydroxylation is 2. The van der Waals surface area contributed by atoms with Crippen molar-refractivity contribution in [2.75, 3.05) is 0 Å². The number of hydrogen-bond donors (Lipinski definition) is 2. The number of hydrogen-bond acceptors (Lipinski definition) is 4. The molecule has 0 aliphatic heterocycles. The van der Waals surface area contributed by atoms with Crippen molar-refractivity contribution in [1.82, 2.24) is 15.3 Å². The summed E-state index contributed by atoms with van der Waals surface area (Å²) in [7, 11) is 0. The van der Waals surface area contributed by atoms with Gasteiger partial charge in [-0.3, -0.25) is 4.79 Å². The normalized spacial score (nSPS) is 14.1. The maximum absolute atomic E-state index is 12.2. The fourth-order valence-electron chi connectivity index (χ4n) is 2.72. The molecule has 0 bridgehead atoms. The zero-order chi connectivity index (χ0) is 15.4. The molecule has 2 atom stereocenters. The van der Waals surface area contributed by atoms with E-state index in [1.807, 2.05) is 20.8 Å². The maximum Gasteiger partial charge on any atom is 0.255 e. The molecule has 0 aliphatic carbocycles. The molecule has 2 heterocycles. The van der Waals surface area contributed by atoms with E-state index < -0.39 is 0 Å². The zero-order valence-corrected chi connectivity index (χ0v) is 13.9. The van der Waals surface area contributed by atoms with Crippen molar-refractivity contribution in [1.29, 1.82) is 0 Å². The Labute approximate surface area is 129 Å². The van der Waals surface area contributed by atoms with Crippen LogP contribution in [0.3, 0.4) is 0 Å². The van der Waals surface area contributed by atoms with Crippen LogP contribution in [0.2, 0.25) is 0 Å². The minimum absolute atomic E-state index is 0.0273. The van der Waals surface area contributed by atoms with Gasteiger partial charge in [-0.15, -0.1) is 11.3 Å². The van der Waals surface area contributed by atoms with E-state index in [1.165, 1.54) is 4.88 Å². The molecule has 114 valence electrons. The van der Waals surface area contributed by atoms with E-state index >= 15 is 0 Å². The second-order valence-electron chi connectivity index (χ2n) is 5.40. The third-order valence-corrected chi connectivity index (χ3v) is 4.60. The lowest BCUT2D eigenvalue weighted by Crippen LogP contribution is -2.30. The number of nitrogens with zero attached hydrogens (tertiary/aromatic N) is 1. The topological polar surface area (TPSA) is 57.8 Å². The second kappa shape index (κ2) is 7.00. The first-order valence-corrected chi connectivity index (χ1v) is 8.27. The van der Waals surface area contributed by atoms with Crippen LogP contribution in [0.25, 0.3) is 0 Å². The van der Waals surface area contributed by atoms with Crippen molar-refractivity contribution >= 4 is 11.3 Å². The number of aromatic nitrogens is 2.